The van der Waals surface area contributed by atoms with E-state index in [4.69, 9.17) is 0 Å². The van der Waals surface area contributed by atoms with Crippen LogP contribution in [0.1, 0.15) is 39.5 Å². The average molecular weight is 389 g/mol. The minimum atomic E-state index is -0.325. The Morgan fingerprint density at radius 2 is 1.40 bits per heavy atom. The highest BCUT2D eigenvalue weighted by Crippen LogP contribution is 2.47. The van der Waals surface area contributed by atoms with Crippen LogP contribution in [0.5, 0.6) is 0 Å². The van der Waals surface area contributed by atoms with Gasteiger partial charge >= 0.3 is 0 Å². The van der Waals surface area contributed by atoms with Crippen LogP contribution >= 0.6 is 0 Å². The number of hydrogen-bond acceptors (Lipinski definition) is 1. The highest BCUT2D eigenvalue weighted by Gasteiger charge is 2.47. The van der Waals surface area contributed by atoms with Crippen molar-refractivity contribution in [1.29, 1.82) is 0 Å². The highest BCUT2D eigenvalue weighted by atomic mass is 16.1. The molecule has 2 aliphatic carbocycles. The maximum atomic E-state index is 13.8. The van der Waals surface area contributed by atoms with E-state index in [0.29, 0.717) is 5.78 Å². The quantitative estimate of drug-likeness (QED) is 0.378. The van der Waals surface area contributed by atoms with Gasteiger partial charge in [0.2, 0.25) is 0 Å². The van der Waals surface area contributed by atoms with Crippen molar-refractivity contribution >= 4 is 16.6 Å². The Bertz CT molecular complexity index is 1290. The van der Waals surface area contributed by atoms with Crippen molar-refractivity contribution in [3.63, 3.8) is 0 Å². The molecule has 4 aromatic carbocycles. The van der Waals surface area contributed by atoms with Crippen molar-refractivity contribution in [2.45, 2.75) is 32.6 Å². The first-order valence-corrected chi connectivity index (χ1v) is 10.9. The smallest absolute Gasteiger partial charge is 0.170 e. The molecule has 0 atom stereocenters. The van der Waals surface area contributed by atoms with E-state index >= 15 is 0 Å². The fourth-order valence-corrected chi connectivity index (χ4v) is 5.70. The van der Waals surface area contributed by atoms with E-state index in [1.807, 2.05) is 0 Å². The molecule has 1 nitrogen and oxygen atoms in total. The molecule has 0 bridgehead atoms. The first kappa shape index (κ1) is 17.7. The van der Waals surface area contributed by atoms with Crippen molar-refractivity contribution < 1.29 is 4.79 Å². The number of carbonyl (C=O) groups is 1. The van der Waals surface area contributed by atoms with Gasteiger partial charge in [-0.2, -0.15) is 0 Å². The van der Waals surface area contributed by atoms with Gasteiger partial charge in [0.1, 0.15) is 0 Å². The van der Waals surface area contributed by atoms with Gasteiger partial charge in [0, 0.05) is 11.0 Å². The number of rotatable bonds is 2. The molecule has 0 unspecified atom stereocenters. The molecule has 0 saturated carbocycles. The molecular weight excluding hydrogens is 364 g/mol. The van der Waals surface area contributed by atoms with Gasteiger partial charge in [0.15, 0.2) is 5.78 Å². The molecule has 0 radical (unpaired) electrons. The Labute approximate surface area is 177 Å². The normalized spacial score (nSPS) is 16.2. The summed E-state index contributed by atoms with van der Waals surface area (Å²) in [5.41, 5.74) is 8.14. The summed E-state index contributed by atoms with van der Waals surface area (Å²) in [5, 5.41) is 2.66. The topological polar surface area (TPSA) is 17.1 Å². The molecule has 1 spiro atoms. The Balaban J connectivity index is 1.42. The lowest BCUT2D eigenvalue weighted by atomic mass is 9.68. The molecular formula is C29H24O. The monoisotopic (exact) mass is 388 g/mol. The second-order valence-electron chi connectivity index (χ2n) is 9.00. The molecule has 0 amide bonds. The fraction of sp³-hybridized carbons (Fsp3) is 0.207. The number of hydrogen-bond donors (Lipinski definition) is 0. The molecule has 1 heteroatoms. The molecule has 0 heterocycles. The maximum absolute atomic E-state index is 13.8. The van der Waals surface area contributed by atoms with Gasteiger partial charge in [-0.15, -0.1) is 0 Å². The first-order valence-electron chi connectivity index (χ1n) is 10.9. The van der Waals surface area contributed by atoms with Crippen molar-refractivity contribution in [3.8, 4) is 11.1 Å². The fourth-order valence-electron chi connectivity index (χ4n) is 5.70. The third-order valence-corrected chi connectivity index (χ3v) is 7.17. The molecule has 146 valence electrons. The SMILES string of the molecule is CCc1cccc(-c2ccc3c(c2)C(=O)C2(C3)Cc3cccc4cccc(c34)C2)c1. The first-order chi connectivity index (χ1) is 14.7. The van der Waals surface area contributed by atoms with Gasteiger partial charge < -0.3 is 0 Å². The Hall–Kier alpha value is -3.19. The van der Waals surface area contributed by atoms with Gasteiger partial charge in [-0.1, -0.05) is 79.7 Å². The van der Waals surface area contributed by atoms with E-state index in [9.17, 15) is 4.79 Å². The van der Waals surface area contributed by atoms with Crippen molar-refractivity contribution in [2.75, 3.05) is 0 Å². The summed E-state index contributed by atoms with van der Waals surface area (Å²) >= 11 is 0. The Morgan fingerprint density at radius 3 is 2.13 bits per heavy atom. The van der Waals surface area contributed by atoms with Crippen LogP contribution in [0.4, 0.5) is 0 Å². The van der Waals surface area contributed by atoms with Crippen LogP contribution in [0.2, 0.25) is 0 Å². The molecule has 6 rings (SSSR count). The van der Waals surface area contributed by atoms with E-state index < -0.39 is 0 Å². The number of Topliss-reactive ketones (excluding diaryl/α,β-unsaturated/α-hetero) is 1. The van der Waals surface area contributed by atoms with Crippen LogP contribution in [0.15, 0.2) is 78.9 Å². The number of carbonyl (C=O) groups excluding carboxylic acids is 1. The number of aryl methyl sites for hydroxylation is 1. The standard InChI is InChI=1S/C29H24O/c1-2-19-6-3-9-21(14-19)22-12-13-23-16-29(28(30)26(23)15-22)17-24-10-4-7-20-8-5-11-25(18-29)27(20)24/h3-15H,2,16-18H2,1H3. The third kappa shape index (κ3) is 2.51. The zero-order valence-electron chi connectivity index (χ0n) is 17.2. The minimum absolute atomic E-state index is 0.325. The summed E-state index contributed by atoms with van der Waals surface area (Å²) in [6.45, 7) is 2.18. The Kier molecular flexibility index (Phi) is 3.77. The molecule has 0 saturated heterocycles. The molecule has 2 aliphatic rings. The summed E-state index contributed by atoms with van der Waals surface area (Å²) in [4.78, 5) is 13.8. The van der Waals surface area contributed by atoms with Gasteiger partial charge in [-0.25, -0.2) is 0 Å². The number of fused-ring (bicyclic) bond motifs is 1. The van der Waals surface area contributed by atoms with Crippen LogP contribution in [0.3, 0.4) is 0 Å². The van der Waals surface area contributed by atoms with E-state index in [1.54, 1.807) is 0 Å². The van der Waals surface area contributed by atoms with Crippen LogP contribution in [-0.2, 0) is 25.7 Å². The minimum Gasteiger partial charge on any atom is -0.294 e. The predicted octanol–water partition coefficient (Wildman–Crippen LogP) is 6.59. The number of ketones is 1. The van der Waals surface area contributed by atoms with Crippen LogP contribution in [-0.4, -0.2) is 5.78 Å². The van der Waals surface area contributed by atoms with Crippen molar-refractivity contribution in [2.24, 2.45) is 5.41 Å². The highest BCUT2D eigenvalue weighted by molar-refractivity contribution is 6.07. The van der Waals surface area contributed by atoms with Gasteiger partial charge in [-0.3, -0.25) is 4.79 Å². The maximum Gasteiger partial charge on any atom is 0.170 e. The summed E-state index contributed by atoms with van der Waals surface area (Å²) < 4.78 is 0. The summed E-state index contributed by atoms with van der Waals surface area (Å²) in [5.74, 6) is 0.331. The molecule has 0 aliphatic heterocycles. The summed E-state index contributed by atoms with van der Waals surface area (Å²) in [7, 11) is 0. The van der Waals surface area contributed by atoms with Crippen LogP contribution in [0, 0.1) is 5.41 Å². The second kappa shape index (κ2) is 6.40. The largest absolute Gasteiger partial charge is 0.294 e. The molecule has 30 heavy (non-hydrogen) atoms. The summed E-state index contributed by atoms with van der Waals surface area (Å²) in [6.07, 6.45) is 3.55. The van der Waals surface area contributed by atoms with Gasteiger partial charge in [0.25, 0.3) is 0 Å². The summed E-state index contributed by atoms with van der Waals surface area (Å²) in [6, 6.07) is 28.2. The zero-order chi connectivity index (χ0) is 20.3. The van der Waals surface area contributed by atoms with Crippen molar-refractivity contribution in [3.05, 3.63) is 107 Å². The van der Waals surface area contributed by atoms with Gasteiger partial charge in [-0.05, 0) is 75.9 Å². The van der Waals surface area contributed by atoms with Crippen molar-refractivity contribution in [1.82, 2.24) is 0 Å². The molecule has 4 aromatic rings. The lowest BCUT2D eigenvalue weighted by Gasteiger charge is -2.33. The second-order valence-corrected chi connectivity index (χ2v) is 9.00. The lowest BCUT2D eigenvalue weighted by molar-refractivity contribution is 0.0814. The third-order valence-electron chi connectivity index (χ3n) is 7.17. The van der Waals surface area contributed by atoms with Crippen LogP contribution in [0.25, 0.3) is 21.9 Å². The van der Waals surface area contributed by atoms with E-state index in [2.05, 4.69) is 85.8 Å². The van der Waals surface area contributed by atoms with Gasteiger partial charge in [0.05, 0.1) is 0 Å². The van der Waals surface area contributed by atoms with E-state index in [-0.39, 0.29) is 5.41 Å². The zero-order valence-corrected chi connectivity index (χ0v) is 17.2. The van der Waals surface area contributed by atoms with Crippen LogP contribution < -0.4 is 0 Å². The van der Waals surface area contributed by atoms with E-state index in [0.717, 1.165) is 36.8 Å². The lowest BCUT2D eigenvalue weighted by Crippen LogP contribution is -2.35. The van der Waals surface area contributed by atoms with E-state index in [1.165, 1.54) is 38.6 Å². The molecule has 0 aromatic heterocycles. The number of benzene rings is 4. The molecule has 0 fully saturated rings. The Morgan fingerprint density at radius 1 is 0.733 bits per heavy atom. The molecule has 0 N–H and O–H groups in total. The predicted molar refractivity (Wildman–Crippen MR) is 123 cm³/mol. The average Bonchev–Trinajstić information content (AvgIpc) is 3.04.